The molecule has 23 heavy (non-hydrogen) atoms. The molecule has 0 saturated carbocycles. The highest BCUT2D eigenvalue weighted by Crippen LogP contribution is 2.25. The summed E-state index contributed by atoms with van der Waals surface area (Å²) in [6.07, 6.45) is 7.85. The van der Waals surface area contributed by atoms with Crippen molar-refractivity contribution in [1.29, 1.82) is 0 Å². The van der Waals surface area contributed by atoms with Crippen LogP contribution in [-0.2, 0) is 0 Å². The number of allylic oxidation sites excluding steroid dienone is 3. The molecule has 0 aliphatic heterocycles. The Balaban J connectivity index is 2.35. The minimum atomic E-state index is -0.206. The van der Waals surface area contributed by atoms with Gasteiger partial charge in [0.05, 0.1) is 0 Å². The lowest BCUT2D eigenvalue weighted by atomic mass is 10.0. The summed E-state index contributed by atoms with van der Waals surface area (Å²) in [6.45, 7) is 8.65. The molecule has 0 unspecified atom stereocenters. The van der Waals surface area contributed by atoms with Crippen molar-refractivity contribution in [2.24, 2.45) is 0 Å². The number of aromatic nitrogens is 1. The van der Waals surface area contributed by atoms with Crippen molar-refractivity contribution in [3.05, 3.63) is 64.6 Å². The summed E-state index contributed by atoms with van der Waals surface area (Å²) in [4.78, 5) is 3.41. The Hall–Kier alpha value is -2.09. The van der Waals surface area contributed by atoms with Crippen LogP contribution in [0.1, 0.15) is 51.3 Å². The van der Waals surface area contributed by atoms with E-state index in [9.17, 15) is 4.39 Å². The molecule has 0 aliphatic carbocycles. The summed E-state index contributed by atoms with van der Waals surface area (Å²) < 4.78 is 13.1. The van der Waals surface area contributed by atoms with Crippen molar-refractivity contribution in [2.75, 3.05) is 0 Å². The second-order valence-electron chi connectivity index (χ2n) is 6.08. The summed E-state index contributed by atoms with van der Waals surface area (Å²) in [5, 5.41) is 0. The maximum absolute atomic E-state index is 13.1. The number of aromatic amines is 1. The first-order valence-corrected chi connectivity index (χ1v) is 8.36. The molecule has 0 amide bonds. The van der Waals surface area contributed by atoms with Crippen LogP contribution in [0.3, 0.4) is 0 Å². The summed E-state index contributed by atoms with van der Waals surface area (Å²) in [6, 6.07) is 8.76. The van der Waals surface area contributed by atoms with Crippen LogP contribution < -0.4 is 0 Å². The molecule has 0 aliphatic rings. The lowest BCUT2D eigenvalue weighted by Gasteiger charge is -2.03. The molecule has 0 atom stereocenters. The normalized spacial score (nSPS) is 12.7. The van der Waals surface area contributed by atoms with Crippen molar-refractivity contribution in [3.63, 3.8) is 0 Å². The van der Waals surface area contributed by atoms with Gasteiger partial charge in [-0.25, -0.2) is 4.39 Å². The lowest BCUT2D eigenvalue weighted by Crippen LogP contribution is -1.83. The first-order chi connectivity index (χ1) is 11.0. The molecule has 0 bridgehead atoms. The topological polar surface area (TPSA) is 15.8 Å². The molecule has 1 nitrogen and oxygen atoms in total. The third kappa shape index (κ3) is 4.69. The van der Waals surface area contributed by atoms with Crippen LogP contribution >= 0.6 is 0 Å². The van der Waals surface area contributed by atoms with Crippen molar-refractivity contribution >= 4 is 6.08 Å². The third-order valence-corrected chi connectivity index (χ3v) is 4.08. The zero-order valence-electron chi connectivity index (χ0n) is 14.5. The summed E-state index contributed by atoms with van der Waals surface area (Å²) in [5.41, 5.74) is 7.14. The van der Waals surface area contributed by atoms with Crippen molar-refractivity contribution < 1.29 is 4.39 Å². The van der Waals surface area contributed by atoms with E-state index in [1.165, 1.54) is 28.8 Å². The molecule has 2 rings (SSSR count). The van der Waals surface area contributed by atoms with E-state index in [0.717, 1.165) is 36.2 Å². The largest absolute Gasteiger partial charge is 0.358 e. The Bertz CT molecular complexity index is 702. The molecule has 1 heterocycles. The molecular formula is C21H26FN. The fourth-order valence-corrected chi connectivity index (χ4v) is 2.60. The van der Waals surface area contributed by atoms with Gasteiger partial charge in [0, 0.05) is 11.4 Å². The fourth-order valence-electron chi connectivity index (χ4n) is 2.60. The average Bonchev–Trinajstić information content (AvgIpc) is 2.89. The standard InChI is InChI=1S/C21H26FN/c1-5-7-17(12-15(3)6-2)13-19-14-21(23-16(19)4)18-8-10-20(22)11-9-18/h8-14,23H,5-7H2,1-4H3/b15-12-,17-13-. The van der Waals surface area contributed by atoms with E-state index in [2.05, 4.69) is 50.9 Å². The second kappa shape index (κ2) is 7.96. The minimum absolute atomic E-state index is 0.206. The molecule has 1 aromatic heterocycles. The van der Waals surface area contributed by atoms with Crippen LogP contribution in [0.25, 0.3) is 17.3 Å². The van der Waals surface area contributed by atoms with E-state index in [0.29, 0.717) is 0 Å². The highest BCUT2D eigenvalue weighted by Gasteiger charge is 2.06. The van der Waals surface area contributed by atoms with Gasteiger partial charge in [0.25, 0.3) is 0 Å². The minimum Gasteiger partial charge on any atom is -0.358 e. The maximum atomic E-state index is 13.1. The SMILES string of the molecule is CCCC(/C=C(/C)CC)=C/c1cc(-c2ccc(F)cc2)[nH]c1C. The number of hydrogen-bond donors (Lipinski definition) is 1. The molecule has 0 fully saturated rings. The number of benzene rings is 1. The van der Waals surface area contributed by atoms with Gasteiger partial charge in [-0.2, -0.15) is 0 Å². The van der Waals surface area contributed by atoms with E-state index in [-0.39, 0.29) is 5.82 Å². The molecule has 1 N–H and O–H groups in total. The van der Waals surface area contributed by atoms with Crippen LogP contribution in [0, 0.1) is 12.7 Å². The first-order valence-electron chi connectivity index (χ1n) is 8.36. The van der Waals surface area contributed by atoms with Gasteiger partial charge in [-0.05, 0) is 79.8 Å². The maximum Gasteiger partial charge on any atom is 0.123 e. The zero-order chi connectivity index (χ0) is 16.8. The predicted octanol–water partition coefficient (Wildman–Crippen LogP) is 6.67. The molecule has 0 saturated heterocycles. The number of nitrogens with one attached hydrogen (secondary N) is 1. The zero-order valence-corrected chi connectivity index (χ0v) is 14.5. The average molecular weight is 311 g/mol. The van der Waals surface area contributed by atoms with Crippen molar-refractivity contribution in [1.82, 2.24) is 4.98 Å². The van der Waals surface area contributed by atoms with E-state index >= 15 is 0 Å². The van der Waals surface area contributed by atoms with Gasteiger partial charge in [0.15, 0.2) is 0 Å². The van der Waals surface area contributed by atoms with Crippen LogP contribution in [0.15, 0.2) is 47.6 Å². The smallest absolute Gasteiger partial charge is 0.123 e. The van der Waals surface area contributed by atoms with E-state index in [1.807, 2.05) is 12.1 Å². The van der Waals surface area contributed by atoms with Crippen LogP contribution in [-0.4, -0.2) is 4.98 Å². The van der Waals surface area contributed by atoms with Gasteiger partial charge < -0.3 is 4.98 Å². The third-order valence-electron chi connectivity index (χ3n) is 4.08. The Kier molecular flexibility index (Phi) is 5.97. The number of hydrogen-bond acceptors (Lipinski definition) is 0. The predicted molar refractivity (Wildman–Crippen MR) is 97.9 cm³/mol. The van der Waals surface area contributed by atoms with Gasteiger partial charge >= 0.3 is 0 Å². The summed E-state index contributed by atoms with van der Waals surface area (Å²) in [7, 11) is 0. The van der Waals surface area contributed by atoms with Gasteiger partial charge in [-0.1, -0.05) is 31.9 Å². The number of rotatable bonds is 6. The Morgan fingerprint density at radius 3 is 2.48 bits per heavy atom. The van der Waals surface area contributed by atoms with E-state index in [4.69, 9.17) is 0 Å². The van der Waals surface area contributed by atoms with Gasteiger partial charge in [0.2, 0.25) is 0 Å². The van der Waals surface area contributed by atoms with Crippen LogP contribution in [0.5, 0.6) is 0 Å². The molecule has 0 spiro atoms. The van der Waals surface area contributed by atoms with Crippen LogP contribution in [0.4, 0.5) is 4.39 Å². The molecule has 0 radical (unpaired) electrons. The van der Waals surface area contributed by atoms with E-state index in [1.54, 1.807) is 0 Å². The van der Waals surface area contributed by atoms with Crippen molar-refractivity contribution in [2.45, 2.75) is 47.0 Å². The molecule has 2 aromatic rings. The number of aryl methyl sites for hydroxylation is 1. The number of H-pyrrole nitrogens is 1. The number of halogens is 1. The Morgan fingerprint density at radius 1 is 1.17 bits per heavy atom. The van der Waals surface area contributed by atoms with Crippen molar-refractivity contribution in [3.8, 4) is 11.3 Å². The molecule has 2 heteroatoms. The first kappa shape index (κ1) is 17.3. The molecular weight excluding hydrogens is 285 g/mol. The monoisotopic (exact) mass is 311 g/mol. The molecule has 1 aromatic carbocycles. The van der Waals surface area contributed by atoms with Gasteiger partial charge in [-0.3, -0.25) is 0 Å². The molecule has 122 valence electrons. The van der Waals surface area contributed by atoms with Gasteiger partial charge in [0.1, 0.15) is 5.82 Å². The summed E-state index contributed by atoms with van der Waals surface area (Å²) in [5.74, 6) is -0.206. The highest BCUT2D eigenvalue weighted by molar-refractivity contribution is 5.68. The van der Waals surface area contributed by atoms with E-state index < -0.39 is 0 Å². The second-order valence-corrected chi connectivity index (χ2v) is 6.08. The Morgan fingerprint density at radius 2 is 1.87 bits per heavy atom. The summed E-state index contributed by atoms with van der Waals surface area (Å²) >= 11 is 0. The Labute approximate surface area is 138 Å². The van der Waals surface area contributed by atoms with Gasteiger partial charge in [-0.15, -0.1) is 0 Å². The van der Waals surface area contributed by atoms with Crippen LogP contribution in [0.2, 0.25) is 0 Å². The fraction of sp³-hybridized carbons (Fsp3) is 0.333. The highest BCUT2D eigenvalue weighted by atomic mass is 19.1. The lowest BCUT2D eigenvalue weighted by molar-refractivity contribution is 0.628. The quantitative estimate of drug-likeness (QED) is 0.573.